The standard InChI is InChI=1S/C22H31N2O2/c1-4-9-24(3)14-16(22(25)26-10-5-2)11-18-17-7-6-8-19-21(17)15(13-23-19)12-20(18)24/h6-8,13,16,18,20,23H,4-5,9-12,14H2,1-3H3/q+1/t16-,18?,20?,24?/m1/s1. The Bertz CT molecular complexity index is 812. The summed E-state index contributed by atoms with van der Waals surface area (Å²) in [6.07, 6.45) is 6.25. The van der Waals surface area contributed by atoms with Crippen molar-refractivity contribution in [3.63, 3.8) is 0 Å². The average molecular weight is 356 g/mol. The van der Waals surface area contributed by atoms with Crippen molar-refractivity contribution in [2.45, 2.75) is 51.5 Å². The maximum Gasteiger partial charge on any atom is 0.314 e. The fourth-order valence-corrected chi connectivity index (χ4v) is 5.55. The lowest BCUT2D eigenvalue weighted by molar-refractivity contribution is -0.942. The molecule has 4 atom stereocenters. The molecule has 1 saturated heterocycles. The van der Waals surface area contributed by atoms with E-state index in [4.69, 9.17) is 4.74 Å². The first-order chi connectivity index (χ1) is 12.6. The maximum absolute atomic E-state index is 12.7. The number of H-pyrrole nitrogens is 1. The molecule has 1 aromatic heterocycles. The van der Waals surface area contributed by atoms with Crippen LogP contribution in [-0.2, 0) is 16.0 Å². The van der Waals surface area contributed by atoms with Gasteiger partial charge < -0.3 is 14.2 Å². The zero-order valence-electron chi connectivity index (χ0n) is 16.3. The van der Waals surface area contributed by atoms with E-state index >= 15 is 0 Å². The van der Waals surface area contributed by atoms with Crippen molar-refractivity contribution in [1.29, 1.82) is 0 Å². The Morgan fingerprint density at radius 3 is 2.92 bits per heavy atom. The highest BCUT2D eigenvalue weighted by Gasteiger charge is 2.50. The molecule has 2 aliphatic rings. The van der Waals surface area contributed by atoms with Crippen molar-refractivity contribution < 1.29 is 14.0 Å². The van der Waals surface area contributed by atoms with Crippen LogP contribution in [0.5, 0.6) is 0 Å². The zero-order chi connectivity index (χ0) is 18.3. The Morgan fingerprint density at radius 1 is 1.31 bits per heavy atom. The van der Waals surface area contributed by atoms with Gasteiger partial charge in [0.2, 0.25) is 0 Å². The molecule has 0 radical (unpaired) electrons. The first kappa shape index (κ1) is 17.6. The molecule has 0 amide bonds. The minimum Gasteiger partial charge on any atom is -0.465 e. The molecular formula is C22H31N2O2+. The Kier molecular flexibility index (Phi) is 4.55. The first-order valence-electron chi connectivity index (χ1n) is 10.2. The topological polar surface area (TPSA) is 42.1 Å². The van der Waals surface area contributed by atoms with E-state index in [1.807, 2.05) is 0 Å². The van der Waals surface area contributed by atoms with Crippen LogP contribution in [0.25, 0.3) is 10.9 Å². The molecule has 1 aliphatic heterocycles. The summed E-state index contributed by atoms with van der Waals surface area (Å²) in [5, 5.41) is 1.40. The quantitative estimate of drug-likeness (QED) is 0.650. The molecule has 1 N–H and O–H groups in total. The number of likely N-dealkylation sites (N-methyl/N-ethyl adjacent to an activating group) is 1. The summed E-state index contributed by atoms with van der Waals surface area (Å²) in [5.41, 5.74) is 4.11. The highest BCUT2D eigenvalue weighted by Crippen LogP contribution is 2.47. The summed E-state index contributed by atoms with van der Waals surface area (Å²) in [7, 11) is 2.36. The Hall–Kier alpha value is -1.81. The summed E-state index contributed by atoms with van der Waals surface area (Å²) >= 11 is 0. The third-order valence-electron chi connectivity index (χ3n) is 6.61. The Labute approximate surface area is 156 Å². The number of esters is 1. The fourth-order valence-electron chi connectivity index (χ4n) is 5.55. The normalized spacial score (nSPS) is 30.2. The maximum atomic E-state index is 12.7. The average Bonchev–Trinajstić information content (AvgIpc) is 3.05. The van der Waals surface area contributed by atoms with Crippen molar-refractivity contribution in [2.24, 2.45) is 5.92 Å². The lowest BCUT2D eigenvalue weighted by Crippen LogP contribution is -2.63. The Balaban J connectivity index is 1.73. The number of hydrogen-bond donors (Lipinski definition) is 1. The third-order valence-corrected chi connectivity index (χ3v) is 6.61. The molecule has 1 aliphatic carbocycles. The molecule has 4 nitrogen and oxygen atoms in total. The van der Waals surface area contributed by atoms with Crippen LogP contribution in [0.4, 0.5) is 0 Å². The van der Waals surface area contributed by atoms with Crippen molar-refractivity contribution >= 4 is 16.9 Å². The van der Waals surface area contributed by atoms with Gasteiger partial charge in [0.15, 0.2) is 0 Å². The molecule has 0 spiro atoms. The molecule has 2 heterocycles. The number of rotatable bonds is 5. The molecule has 2 aromatic rings. The van der Waals surface area contributed by atoms with Crippen LogP contribution in [0.15, 0.2) is 24.4 Å². The number of fused-ring (bicyclic) bond motifs is 2. The highest BCUT2D eigenvalue weighted by atomic mass is 16.5. The number of carbonyl (C=O) groups is 1. The lowest BCUT2D eigenvalue weighted by atomic mass is 9.71. The van der Waals surface area contributed by atoms with Gasteiger partial charge in [-0.25, -0.2) is 0 Å². The van der Waals surface area contributed by atoms with Crippen LogP contribution in [0.3, 0.4) is 0 Å². The number of carbonyl (C=O) groups excluding carboxylic acids is 1. The number of hydrogen-bond acceptors (Lipinski definition) is 2. The van der Waals surface area contributed by atoms with Gasteiger partial charge in [0.1, 0.15) is 5.92 Å². The van der Waals surface area contributed by atoms with Gasteiger partial charge >= 0.3 is 5.97 Å². The van der Waals surface area contributed by atoms with E-state index in [0.29, 0.717) is 18.6 Å². The van der Waals surface area contributed by atoms with Crippen molar-refractivity contribution in [2.75, 3.05) is 26.7 Å². The van der Waals surface area contributed by atoms with Crippen molar-refractivity contribution in [3.05, 3.63) is 35.5 Å². The van der Waals surface area contributed by atoms with Crippen LogP contribution in [-0.4, -0.2) is 48.2 Å². The van der Waals surface area contributed by atoms with Gasteiger partial charge in [0.25, 0.3) is 0 Å². The number of piperidine rings is 1. The SMILES string of the molecule is CCCOC(=O)[C@@H]1CC2c3cccc4[nH]cc(c34)CC2[N+](C)(CCC)C1. The van der Waals surface area contributed by atoms with E-state index in [0.717, 1.165) is 43.3 Å². The number of ether oxygens (including phenoxy) is 1. The molecule has 1 fully saturated rings. The molecule has 140 valence electrons. The van der Waals surface area contributed by atoms with Crippen molar-refractivity contribution in [1.82, 2.24) is 4.98 Å². The number of benzene rings is 1. The van der Waals surface area contributed by atoms with Crippen LogP contribution < -0.4 is 0 Å². The van der Waals surface area contributed by atoms with Gasteiger partial charge in [-0.05, 0) is 36.5 Å². The molecule has 4 rings (SSSR count). The number of aromatic amines is 1. The molecular weight excluding hydrogens is 324 g/mol. The lowest BCUT2D eigenvalue weighted by Gasteiger charge is -2.52. The van der Waals surface area contributed by atoms with E-state index in [9.17, 15) is 4.79 Å². The van der Waals surface area contributed by atoms with Crippen LogP contribution in [0, 0.1) is 5.92 Å². The number of nitrogens with zero attached hydrogens (tertiary/aromatic N) is 1. The van der Waals surface area contributed by atoms with E-state index in [1.165, 1.54) is 22.0 Å². The van der Waals surface area contributed by atoms with E-state index in [2.05, 4.69) is 50.3 Å². The minimum absolute atomic E-state index is 0.00935. The number of aromatic nitrogens is 1. The minimum atomic E-state index is 0.00935. The molecule has 26 heavy (non-hydrogen) atoms. The smallest absolute Gasteiger partial charge is 0.314 e. The first-order valence-corrected chi connectivity index (χ1v) is 10.2. The molecule has 0 saturated carbocycles. The van der Waals surface area contributed by atoms with E-state index in [-0.39, 0.29) is 11.9 Å². The summed E-state index contributed by atoms with van der Waals surface area (Å²) < 4.78 is 6.53. The summed E-state index contributed by atoms with van der Waals surface area (Å²) in [6.45, 7) is 6.87. The van der Waals surface area contributed by atoms with Gasteiger partial charge in [-0.2, -0.15) is 0 Å². The van der Waals surface area contributed by atoms with Gasteiger partial charge in [-0.15, -0.1) is 0 Å². The second-order valence-corrected chi connectivity index (χ2v) is 8.45. The summed E-state index contributed by atoms with van der Waals surface area (Å²) in [6, 6.07) is 7.16. The van der Waals surface area contributed by atoms with E-state index in [1.54, 1.807) is 0 Å². The number of nitrogens with one attached hydrogen (secondary N) is 1. The zero-order valence-corrected chi connectivity index (χ0v) is 16.3. The van der Waals surface area contributed by atoms with E-state index < -0.39 is 0 Å². The molecule has 3 unspecified atom stereocenters. The van der Waals surface area contributed by atoms with Crippen molar-refractivity contribution in [3.8, 4) is 0 Å². The summed E-state index contributed by atoms with van der Waals surface area (Å²) in [4.78, 5) is 16.2. The van der Waals surface area contributed by atoms with Gasteiger partial charge in [0, 0.05) is 29.4 Å². The summed E-state index contributed by atoms with van der Waals surface area (Å²) in [5.74, 6) is 0.458. The molecule has 4 heteroatoms. The van der Waals surface area contributed by atoms with Crippen LogP contribution in [0.1, 0.15) is 50.2 Å². The highest BCUT2D eigenvalue weighted by molar-refractivity contribution is 5.88. The van der Waals surface area contributed by atoms with Crippen LogP contribution in [0.2, 0.25) is 0 Å². The van der Waals surface area contributed by atoms with Gasteiger partial charge in [-0.3, -0.25) is 4.79 Å². The largest absolute Gasteiger partial charge is 0.465 e. The second-order valence-electron chi connectivity index (χ2n) is 8.45. The van der Waals surface area contributed by atoms with Gasteiger partial charge in [-0.1, -0.05) is 26.0 Å². The predicted molar refractivity (Wildman–Crippen MR) is 104 cm³/mol. The second kappa shape index (κ2) is 6.73. The number of quaternary nitrogens is 1. The fraction of sp³-hybridized carbons (Fsp3) is 0.591. The third kappa shape index (κ3) is 2.75. The van der Waals surface area contributed by atoms with Crippen LogP contribution >= 0.6 is 0 Å². The monoisotopic (exact) mass is 355 g/mol. The molecule has 1 aromatic carbocycles. The predicted octanol–water partition coefficient (Wildman–Crippen LogP) is 4.01. The Morgan fingerprint density at radius 2 is 2.15 bits per heavy atom. The van der Waals surface area contributed by atoms with Gasteiger partial charge in [0.05, 0.1) is 32.8 Å². The number of likely N-dealkylation sites (tertiary alicyclic amines) is 1. The molecule has 0 bridgehead atoms.